The van der Waals surface area contributed by atoms with Crippen LogP contribution in [-0.4, -0.2) is 0 Å². The maximum absolute atomic E-state index is 5.98. The molecule has 1 aliphatic rings. The number of hydrogen-bond donors (Lipinski definition) is 0. The number of rotatable bonds is 3. The number of halogens is 2. The summed E-state index contributed by atoms with van der Waals surface area (Å²) in [6.45, 7) is 0. The quantitative estimate of drug-likeness (QED) is 0.675. The van der Waals surface area contributed by atoms with Gasteiger partial charge in [-0.05, 0) is 60.7 Å². The van der Waals surface area contributed by atoms with Crippen LogP contribution in [0.1, 0.15) is 23.1 Å². The van der Waals surface area contributed by atoms with Crippen LogP contribution in [0.2, 0.25) is 0 Å². The Balaban J connectivity index is 1.89. The zero-order valence-electron chi connectivity index (χ0n) is 10.5. The fraction of sp³-hybridized carbons (Fsp3) is 0.250. The van der Waals surface area contributed by atoms with E-state index in [4.69, 9.17) is 16.3 Å². The Bertz CT molecular complexity index is 610. The van der Waals surface area contributed by atoms with Crippen molar-refractivity contribution in [2.75, 3.05) is 0 Å². The average Bonchev–Trinajstić information content (AvgIpc) is 2.88. The maximum Gasteiger partial charge on any atom is 0.131 e. The summed E-state index contributed by atoms with van der Waals surface area (Å²) in [6, 6.07) is 12.3. The molecule has 2 aromatic carbocycles. The van der Waals surface area contributed by atoms with Crippen LogP contribution in [0.15, 0.2) is 40.9 Å². The first-order valence-electron chi connectivity index (χ1n) is 6.40. The van der Waals surface area contributed by atoms with Gasteiger partial charge in [-0.15, -0.1) is 11.6 Å². The van der Waals surface area contributed by atoms with Gasteiger partial charge in [0.15, 0.2) is 0 Å². The maximum atomic E-state index is 5.98. The molecule has 98 valence electrons. The van der Waals surface area contributed by atoms with Crippen molar-refractivity contribution >= 4 is 27.5 Å². The third-order valence-corrected chi connectivity index (χ3v) is 4.25. The highest BCUT2D eigenvalue weighted by atomic mass is 79.9. The van der Waals surface area contributed by atoms with Crippen molar-refractivity contribution in [3.63, 3.8) is 0 Å². The number of aryl methyl sites for hydroxylation is 2. The number of fused-ring (bicyclic) bond motifs is 1. The van der Waals surface area contributed by atoms with E-state index in [0.29, 0.717) is 5.88 Å². The lowest BCUT2D eigenvalue weighted by Crippen LogP contribution is -1.91. The summed E-state index contributed by atoms with van der Waals surface area (Å²) in [6.07, 6.45) is 3.61. The molecule has 0 spiro atoms. The van der Waals surface area contributed by atoms with Gasteiger partial charge in [0.05, 0.1) is 5.88 Å². The summed E-state index contributed by atoms with van der Waals surface area (Å²) in [5.41, 5.74) is 3.87. The van der Waals surface area contributed by atoms with Gasteiger partial charge in [0.25, 0.3) is 0 Å². The molecule has 1 nitrogen and oxygen atoms in total. The second-order valence-corrected chi connectivity index (χ2v) is 5.95. The zero-order valence-corrected chi connectivity index (χ0v) is 12.8. The summed E-state index contributed by atoms with van der Waals surface area (Å²) in [5.74, 6) is 2.17. The summed E-state index contributed by atoms with van der Waals surface area (Å²) >= 11 is 9.41. The second-order valence-electron chi connectivity index (χ2n) is 4.77. The molecule has 0 saturated heterocycles. The van der Waals surface area contributed by atoms with E-state index in [1.807, 2.05) is 24.3 Å². The molecule has 0 aliphatic heterocycles. The minimum absolute atomic E-state index is 0.444. The molecule has 0 radical (unpaired) electrons. The predicted octanol–water partition coefficient (Wildman–Crippen LogP) is 5.47. The summed E-state index contributed by atoms with van der Waals surface area (Å²) in [5, 5.41) is 0. The standard InChI is InChI=1S/C16H14BrClO/c17-14-5-7-16(13(8-14)10-18)19-15-6-4-11-2-1-3-12(11)9-15/h4-9H,1-3,10H2. The number of benzene rings is 2. The van der Waals surface area contributed by atoms with E-state index in [-0.39, 0.29) is 0 Å². The van der Waals surface area contributed by atoms with E-state index in [9.17, 15) is 0 Å². The van der Waals surface area contributed by atoms with Crippen molar-refractivity contribution in [2.45, 2.75) is 25.1 Å². The van der Waals surface area contributed by atoms with Crippen molar-refractivity contribution in [1.82, 2.24) is 0 Å². The molecular formula is C16H14BrClO. The molecule has 19 heavy (non-hydrogen) atoms. The molecule has 1 aliphatic carbocycles. The first-order valence-corrected chi connectivity index (χ1v) is 7.73. The average molecular weight is 338 g/mol. The van der Waals surface area contributed by atoms with E-state index < -0.39 is 0 Å². The molecule has 0 saturated carbocycles. The first kappa shape index (κ1) is 13.0. The largest absolute Gasteiger partial charge is 0.457 e. The van der Waals surface area contributed by atoms with Gasteiger partial charge in [-0.25, -0.2) is 0 Å². The smallest absolute Gasteiger partial charge is 0.131 e. The second kappa shape index (κ2) is 5.56. The highest BCUT2D eigenvalue weighted by Gasteiger charge is 2.12. The van der Waals surface area contributed by atoms with Gasteiger partial charge in [0, 0.05) is 10.0 Å². The zero-order chi connectivity index (χ0) is 13.2. The third-order valence-electron chi connectivity index (χ3n) is 3.46. The molecule has 0 N–H and O–H groups in total. The highest BCUT2D eigenvalue weighted by molar-refractivity contribution is 9.10. The van der Waals surface area contributed by atoms with E-state index in [1.54, 1.807) is 0 Å². The van der Waals surface area contributed by atoms with Crippen molar-refractivity contribution in [3.05, 3.63) is 57.6 Å². The Morgan fingerprint density at radius 3 is 2.74 bits per heavy atom. The molecule has 3 heteroatoms. The third kappa shape index (κ3) is 2.80. The monoisotopic (exact) mass is 336 g/mol. The number of alkyl halides is 1. The Morgan fingerprint density at radius 2 is 1.89 bits per heavy atom. The molecule has 0 unspecified atom stereocenters. The number of hydrogen-bond acceptors (Lipinski definition) is 1. The van der Waals surface area contributed by atoms with Crippen LogP contribution in [0.5, 0.6) is 11.5 Å². The first-order chi connectivity index (χ1) is 9.26. The van der Waals surface area contributed by atoms with E-state index in [1.165, 1.54) is 24.0 Å². The van der Waals surface area contributed by atoms with Crippen molar-refractivity contribution < 1.29 is 4.74 Å². The lowest BCUT2D eigenvalue weighted by atomic mass is 10.1. The Labute approximate surface area is 126 Å². The predicted molar refractivity (Wildman–Crippen MR) is 82.2 cm³/mol. The van der Waals surface area contributed by atoms with Gasteiger partial charge in [-0.2, -0.15) is 0 Å². The lowest BCUT2D eigenvalue weighted by Gasteiger charge is -2.11. The van der Waals surface area contributed by atoms with Crippen LogP contribution in [0, 0.1) is 0 Å². The highest BCUT2D eigenvalue weighted by Crippen LogP contribution is 2.32. The minimum Gasteiger partial charge on any atom is -0.457 e. The van der Waals surface area contributed by atoms with Crippen LogP contribution in [0.25, 0.3) is 0 Å². The fourth-order valence-corrected chi connectivity index (χ4v) is 3.11. The number of ether oxygens (including phenoxy) is 1. The fourth-order valence-electron chi connectivity index (χ4n) is 2.49. The molecule has 0 amide bonds. The van der Waals surface area contributed by atoms with E-state index in [0.717, 1.165) is 28.0 Å². The van der Waals surface area contributed by atoms with E-state index in [2.05, 4.69) is 28.1 Å². The topological polar surface area (TPSA) is 9.23 Å². The molecule has 0 fully saturated rings. The Hall–Kier alpha value is -0.990. The van der Waals surface area contributed by atoms with Gasteiger partial charge in [-0.3, -0.25) is 0 Å². The SMILES string of the molecule is ClCc1cc(Br)ccc1Oc1ccc2c(c1)CCC2. The van der Waals surface area contributed by atoms with Crippen LogP contribution in [0.3, 0.4) is 0 Å². The molecule has 2 aromatic rings. The van der Waals surface area contributed by atoms with Crippen molar-refractivity contribution in [3.8, 4) is 11.5 Å². The molecule has 0 aromatic heterocycles. The summed E-state index contributed by atoms with van der Waals surface area (Å²) in [7, 11) is 0. The van der Waals surface area contributed by atoms with Gasteiger partial charge < -0.3 is 4.74 Å². The molecule has 3 rings (SSSR count). The van der Waals surface area contributed by atoms with Gasteiger partial charge >= 0.3 is 0 Å². The lowest BCUT2D eigenvalue weighted by molar-refractivity contribution is 0.477. The molecular weight excluding hydrogens is 324 g/mol. The van der Waals surface area contributed by atoms with Crippen LogP contribution in [-0.2, 0) is 18.7 Å². The van der Waals surface area contributed by atoms with Crippen LogP contribution >= 0.6 is 27.5 Å². The summed E-state index contributed by atoms with van der Waals surface area (Å²) in [4.78, 5) is 0. The molecule has 0 atom stereocenters. The van der Waals surface area contributed by atoms with E-state index >= 15 is 0 Å². The van der Waals surface area contributed by atoms with Gasteiger partial charge in [-0.1, -0.05) is 22.0 Å². The van der Waals surface area contributed by atoms with Crippen molar-refractivity contribution in [1.29, 1.82) is 0 Å². The van der Waals surface area contributed by atoms with Gasteiger partial charge in [0.1, 0.15) is 11.5 Å². The molecule has 0 heterocycles. The minimum atomic E-state index is 0.444. The van der Waals surface area contributed by atoms with Crippen molar-refractivity contribution in [2.24, 2.45) is 0 Å². The van der Waals surface area contributed by atoms with Crippen LogP contribution < -0.4 is 4.74 Å². The normalized spacial score (nSPS) is 13.4. The Kier molecular flexibility index (Phi) is 3.81. The Morgan fingerprint density at radius 1 is 1.05 bits per heavy atom. The van der Waals surface area contributed by atoms with Crippen LogP contribution in [0.4, 0.5) is 0 Å². The van der Waals surface area contributed by atoms with Gasteiger partial charge in [0.2, 0.25) is 0 Å². The molecule has 0 bridgehead atoms. The summed E-state index contributed by atoms with van der Waals surface area (Å²) < 4.78 is 6.99.